The highest BCUT2D eigenvalue weighted by Crippen LogP contribution is 2.24. The minimum atomic E-state index is -1.27. The summed E-state index contributed by atoms with van der Waals surface area (Å²) in [6.45, 7) is 4.58. The zero-order valence-electron chi connectivity index (χ0n) is 12.7. The van der Waals surface area contributed by atoms with Gasteiger partial charge in [0.25, 0.3) is 0 Å². The lowest BCUT2D eigenvalue weighted by molar-refractivity contribution is -0.141. The van der Waals surface area contributed by atoms with Gasteiger partial charge >= 0.3 is 12.0 Å². The molecule has 0 radical (unpaired) electrons. The summed E-state index contributed by atoms with van der Waals surface area (Å²) >= 11 is 0. The van der Waals surface area contributed by atoms with E-state index in [1.54, 1.807) is 4.90 Å². The normalized spacial score (nSPS) is 16.7. The molecular weight excluding hydrogens is 274 g/mol. The fourth-order valence-corrected chi connectivity index (χ4v) is 2.64. The van der Waals surface area contributed by atoms with Crippen molar-refractivity contribution < 1.29 is 19.5 Å². The predicted octanol–water partition coefficient (Wildman–Crippen LogP) is 0.925. The number of urea groups is 1. The number of amides is 3. The summed E-state index contributed by atoms with van der Waals surface area (Å²) in [5.41, 5.74) is 5.02. The van der Waals surface area contributed by atoms with Gasteiger partial charge in [-0.3, -0.25) is 4.79 Å². The molecule has 0 aromatic rings. The number of hydrogen-bond acceptors (Lipinski definition) is 3. The molecule has 0 unspecified atom stereocenters. The van der Waals surface area contributed by atoms with E-state index in [2.05, 4.69) is 5.32 Å². The summed E-state index contributed by atoms with van der Waals surface area (Å²) in [5.74, 6) is -1.71. The number of primary amides is 1. The Morgan fingerprint density at radius 1 is 1.29 bits per heavy atom. The third kappa shape index (κ3) is 5.61. The number of nitrogens with one attached hydrogen (secondary N) is 1. The minimum Gasteiger partial charge on any atom is -0.480 e. The lowest BCUT2D eigenvalue weighted by atomic mass is 10.1. The van der Waals surface area contributed by atoms with Crippen molar-refractivity contribution >= 4 is 17.9 Å². The van der Waals surface area contributed by atoms with Gasteiger partial charge in [0, 0.05) is 12.6 Å². The maximum absolute atomic E-state index is 12.4. The van der Waals surface area contributed by atoms with Crippen molar-refractivity contribution in [2.24, 2.45) is 11.7 Å². The Hall–Kier alpha value is -1.79. The maximum atomic E-state index is 12.4. The molecule has 0 aromatic carbocycles. The Labute approximate surface area is 124 Å². The third-order valence-corrected chi connectivity index (χ3v) is 3.59. The van der Waals surface area contributed by atoms with Crippen molar-refractivity contribution in [3.8, 4) is 0 Å². The second kappa shape index (κ2) is 7.85. The van der Waals surface area contributed by atoms with E-state index >= 15 is 0 Å². The number of carbonyl (C=O) groups excluding carboxylic acids is 2. The Balaban J connectivity index is 2.73. The van der Waals surface area contributed by atoms with Gasteiger partial charge in [0.05, 0.1) is 6.42 Å². The van der Waals surface area contributed by atoms with Gasteiger partial charge in [0.2, 0.25) is 5.91 Å². The molecule has 4 N–H and O–H groups in total. The van der Waals surface area contributed by atoms with Crippen LogP contribution in [0.1, 0.15) is 46.0 Å². The molecule has 1 atom stereocenters. The SMILES string of the molecule is CC(C)CN(C(=O)N[C@H](CC(N)=O)C(=O)O)C1CCCC1. The monoisotopic (exact) mass is 299 g/mol. The van der Waals surface area contributed by atoms with E-state index in [-0.39, 0.29) is 12.0 Å². The number of rotatable bonds is 7. The lowest BCUT2D eigenvalue weighted by Crippen LogP contribution is -2.52. The first kappa shape index (κ1) is 17.3. The van der Waals surface area contributed by atoms with Gasteiger partial charge < -0.3 is 21.1 Å². The summed E-state index contributed by atoms with van der Waals surface area (Å²) in [6, 6.07) is -1.55. The molecule has 21 heavy (non-hydrogen) atoms. The molecule has 1 saturated carbocycles. The Bertz CT molecular complexity index is 392. The van der Waals surface area contributed by atoms with Crippen LogP contribution in [-0.2, 0) is 9.59 Å². The summed E-state index contributed by atoms with van der Waals surface area (Å²) in [5, 5.41) is 11.5. The number of carbonyl (C=O) groups is 3. The van der Waals surface area contributed by atoms with Crippen molar-refractivity contribution in [1.82, 2.24) is 10.2 Å². The highest BCUT2D eigenvalue weighted by atomic mass is 16.4. The second-order valence-electron chi connectivity index (χ2n) is 6.00. The topological polar surface area (TPSA) is 113 Å². The first-order valence-corrected chi connectivity index (χ1v) is 7.39. The van der Waals surface area contributed by atoms with Crippen molar-refractivity contribution in [1.29, 1.82) is 0 Å². The smallest absolute Gasteiger partial charge is 0.326 e. The Kier molecular flexibility index (Phi) is 6.45. The number of nitrogens with two attached hydrogens (primary N) is 1. The maximum Gasteiger partial charge on any atom is 0.326 e. The molecule has 0 saturated heterocycles. The van der Waals surface area contributed by atoms with E-state index in [1.165, 1.54) is 0 Å². The minimum absolute atomic E-state index is 0.149. The Morgan fingerprint density at radius 3 is 2.29 bits per heavy atom. The van der Waals surface area contributed by atoms with E-state index in [1.807, 2.05) is 13.8 Å². The molecule has 0 aliphatic heterocycles. The molecule has 7 nitrogen and oxygen atoms in total. The fraction of sp³-hybridized carbons (Fsp3) is 0.786. The molecule has 7 heteroatoms. The molecule has 0 bridgehead atoms. The zero-order valence-corrected chi connectivity index (χ0v) is 12.7. The first-order valence-electron chi connectivity index (χ1n) is 7.39. The van der Waals surface area contributed by atoms with Crippen molar-refractivity contribution in [2.75, 3.05) is 6.54 Å². The van der Waals surface area contributed by atoms with E-state index in [0.29, 0.717) is 6.54 Å². The molecule has 0 heterocycles. The van der Waals surface area contributed by atoms with Crippen LogP contribution < -0.4 is 11.1 Å². The molecular formula is C14H25N3O4. The van der Waals surface area contributed by atoms with Crippen LogP contribution in [0.15, 0.2) is 0 Å². The Morgan fingerprint density at radius 2 is 1.86 bits per heavy atom. The van der Waals surface area contributed by atoms with E-state index in [0.717, 1.165) is 25.7 Å². The van der Waals surface area contributed by atoms with Crippen LogP contribution in [0, 0.1) is 5.92 Å². The average Bonchev–Trinajstić information content (AvgIpc) is 2.87. The number of carboxylic acid groups (broad SMARTS) is 1. The standard InChI is InChI=1S/C14H25N3O4/c1-9(2)8-17(10-5-3-4-6-10)14(21)16-11(13(19)20)7-12(15)18/h9-11H,3-8H2,1-2H3,(H2,15,18)(H,16,21)(H,19,20)/t11-/m1/s1. The van der Waals surface area contributed by atoms with Crippen LogP contribution in [0.2, 0.25) is 0 Å². The molecule has 3 amide bonds. The van der Waals surface area contributed by atoms with Gasteiger partial charge in [-0.2, -0.15) is 0 Å². The van der Waals surface area contributed by atoms with Crippen LogP contribution in [-0.4, -0.2) is 46.5 Å². The third-order valence-electron chi connectivity index (χ3n) is 3.59. The average molecular weight is 299 g/mol. The number of carboxylic acids is 1. The first-order chi connectivity index (χ1) is 9.81. The predicted molar refractivity (Wildman–Crippen MR) is 77.6 cm³/mol. The van der Waals surface area contributed by atoms with Crippen molar-refractivity contribution in [3.63, 3.8) is 0 Å². The van der Waals surface area contributed by atoms with Crippen LogP contribution in [0.25, 0.3) is 0 Å². The van der Waals surface area contributed by atoms with Crippen LogP contribution in [0.3, 0.4) is 0 Å². The van der Waals surface area contributed by atoms with E-state index in [4.69, 9.17) is 10.8 Å². The summed E-state index contributed by atoms with van der Waals surface area (Å²) in [4.78, 5) is 36.1. The van der Waals surface area contributed by atoms with E-state index in [9.17, 15) is 14.4 Å². The molecule has 1 aliphatic rings. The van der Waals surface area contributed by atoms with Crippen molar-refractivity contribution in [3.05, 3.63) is 0 Å². The molecule has 0 aromatic heterocycles. The molecule has 120 valence electrons. The van der Waals surface area contributed by atoms with Gasteiger partial charge in [0.15, 0.2) is 0 Å². The van der Waals surface area contributed by atoms with Crippen molar-refractivity contribution in [2.45, 2.75) is 58.0 Å². The highest BCUT2D eigenvalue weighted by Gasteiger charge is 2.30. The lowest BCUT2D eigenvalue weighted by Gasteiger charge is -2.31. The summed E-state index contributed by atoms with van der Waals surface area (Å²) in [7, 11) is 0. The van der Waals surface area contributed by atoms with Gasteiger partial charge in [-0.15, -0.1) is 0 Å². The fourth-order valence-electron chi connectivity index (χ4n) is 2.64. The summed E-state index contributed by atoms with van der Waals surface area (Å²) in [6.07, 6.45) is 3.63. The van der Waals surface area contributed by atoms with Gasteiger partial charge in [0.1, 0.15) is 6.04 Å². The second-order valence-corrected chi connectivity index (χ2v) is 6.00. The molecule has 1 fully saturated rings. The summed E-state index contributed by atoms with van der Waals surface area (Å²) < 4.78 is 0. The number of aliphatic carboxylic acids is 1. The number of nitrogens with zero attached hydrogens (tertiary/aromatic N) is 1. The quantitative estimate of drug-likeness (QED) is 0.649. The largest absolute Gasteiger partial charge is 0.480 e. The molecule has 1 rings (SSSR count). The van der Waals surface area contributed by atoms with Crippen LogP contribution >= 0.6 is 0 Å². The highest BCUT2D eigenvalue weighted by molar-refractivity contribution is 5.87. The van der Waals surface area contributed by atoms with Crippen LogP contribution in [0.4, 0.5) is 4.79 Å². The molecule has 0 spiro atoms. The van der Waals surface area contributed by atoms with E-state index < -0.39 is 30.4 Å². The zero-order chi connectivity index (χ0) is 16.0. The van der Waals surface area contributed by atoms with Gasteiger partial charge in [-0.05, 0) is 18.8 Å². The van der Waals surface area contributed by atoms with Crippen LogP contribution in [0.5, 0.6) is 0 Å². The van der Waals surface area contributed by atoms with Gasteiger partial charge in [-0.1, -0.05) is 26.7 Å². The van der Waals surface area contributed by atoms with Gasteiger partial charge in [-0.25, -0.2) is 9.59 Å². The molecule has 1 aliphatic carbocycles. The number of hydrogen-bond donors (Lipinski definition) is 3.